The lowest BCUT2D eigenvalue weighted by atomic mass is 9.30. The molecule has 6 heteroatoms. The summed E-state index contributed by atoms with van der Waals surface area (Å²) in [5, 5.41) is 2.55. The van der Waals surface area contributed by atoms with Crippen molar-refractivity contribution in [1.29, 1.82) is 0 Å². The first kappa shape index (κ1) is 31.9. The summed E-state index contributed by atoms with van der Waals surface area (Å²) in [5.41, 5.74) is 19.2. The largest absolute Gasteiger partial charge is 0.311 e. The molecule has 0 atom stereocenters. The Morgan fingerprint density at radius 1 is 0.448 bits per heavy atom. The minimum atomic E-state index is -0.264. The first-order valence-corrected chi connectivity index (χ1v) is 20.2. The van der Waals surface area contributed by atoms with Gasteiger partial charge in [-0.2, -0.15) is 0 Å². The maximum absolute atomic E-state index is 5.47. The Morgan fingerprint density at radius 3 is 1.83 bits per heavy atom. The number of anilines is 3. The molecule has 0 N–H and O–H groups in total. The van der Waals surface area contributed by atoms with Gasteiger partial charge in [-0.05, 0) is 101 Å². The quantitative estimate of drug-likeness (QED) is 0.169. The van der Waals surface area contributed by atoms with Crippen LogP contribution in [0.2, 0.25) is 0 Å². The van der Waals surface area contributed by atoms with E-state index in [1.807, 2.05) is 0 Å². The van der Waals surface area contributed by atoms with E-state index in [0.717, 1.165) is 39.2 Å². The fourth-order valence-corrected chi connectivity index (χ4v) is 10.6. The van der Waals surface area contributed by atoms with Crippen LogP contribution in [0.25, 0.3) is 61.0 Å². The molecule has 0 radical (unpaired) electrons. The lowest BCUT2D eigenvalue weighted by molar-refractivity contribution is 0.646. The van der Waals surface area contributed by atoms with Gasteiger partial charge in [-0.15, -0.1) is 0 Å². The van der Waals surface area contributed by atoms with Crippen molar-refractivity contribution in [3.63, 3.8) is 0 Å². The van der Waals surface area contributed by atoms with Crippen LogP contribution in [0.1, 0.15) is 25.0 Å². The summed E-state index contributed by atoms with van der Waals surface area (Å²) in [4.78, 5) is 7.96. The van der Waals surface area contributed by atoms with Crippen LogP contribution in [0.15, 0.2) is 182 Å². The highest BCUT2D eigenvalue weighted by molar-refractivity contribution is 6.99. The second-order valence-electron chi connectivity index (χ2n) is 16.4. The Bertz CT molecular complexity index is 3490. The minimum Gasteiger partial charge on any atom is -0.311 e. The molecule has 0 saturated heterocycles. The third kappa shape index (κ3) is 4.08. The molecular formula is C52H36BN5. The third-order valence-electron chi connectivity index (χ3n) is 13.1. The number of nitrogens with zero attached hydrogens (tertiary/aromatic N) is 5. The fraction of sp³-hybridized carbons (Fsp3) is 0.0577. The topological polar surface area (TPSA) is 30.4 Å². The van der Waals surface area contributed by atoms with Gasteiger partial charge >= 0.3 is 0 Å². The SMILES string of the molecule is CC1(C)c2cc3c(cc2B2c4cc5c(cc4N(c4ccccc4)c4cccc1c42)nc1n(-c2ccccc2)c2ccccc2n51)c1ccccc1n3-c1ccccc1. The van der Waals surface area contributed by atoms with Crippen LogP contribution in [0.3, 0.4) is 0 Å². The van der Waals surface area contributed by atoms with Gasteiger partial charge in [0.25, 0.3) is 0 Å². The third-order valence-corrected chi connectivity index (χ3v) is 13.1. The molecule has 0 bridgehead atoms. The van der Waals surface area contributed by atoms with Crippen LogP contribution >= 0.6 is 0 Å². The van der Waals surface area contributed by atoms with Crippen molar-refractivity contribution in [1.82, 2.24) is 18.5 Å². The molecule has 272 valence electrons. The number of fused-ring (bicyclic) bond motifs is 12. The summed E-state index contributed by atoms with van der Waals surface area (Å²) in [7, 11) is 0. The molecule has 5 heterocycles. The van der Waals surface area contributed by atoms with E-state index in [0.29, 0.717) is 0 Å². The number of rotatable bonds is 3. The summed E-state index contributed by atoms with van der Waals surface area (Å²) in [6, 6.07) is 66.7. The predicted octanol–water partition coefficient (Wildman–Crippen LogP) is 10.5. The van der Waals surface area contributed by atoms with Crippen molar-refractivity contribution < 1.29 is 0 Å². The molecule has 2 aliphatic rings. The van der Waals surface area contributed by atoms with Gasteiger partial charge in [0.2, 0.25) is 12.5 Å². The number of hydrogen-bond acceptors (Lipinski definition) is 2. The molecule has 0 saturated carbocycles. The van der Waals surface area contributed by atoms with Crippen molar-refractivity contribution in [2.24, 2.45) is 0 Å². The zero-order valence-corrected chi connectivity index (χ0v) is 32.1. The first-order valence-electron chi connectivity index (χ1n) is 20.2. The van der Waals surface area contributed by atoms with Crippen LogP contribution in [0.4, 0.5) is 17.1 Å². The second kappa shape index (κ2) is 11.4. The Kier molecular flexibility index (Phi) is 6.26. The summed E-state index contributed by atoms with van der Waals surface area (Å²) in [5.74, 6) is 0.912. The van der Waals surface area contributed by atoms with Gasteiger partial charge < -0.3 is 9.47 Å². The molecule has 8 aromatic carbocycles. The molecular weight excluding hydrogens is 705 g/mol. The molecule has 11 aromatic rings. The summed E-state index contributed by atoms with van der Waals surface area (Å²) in [6.45, 7) is 4.84. The standard InChI is InChI=1S/C52H36BN5/c1-52(2)38-24-16-28-46-50(38)53(40-29-37-36-23-12-13-25-43(36)55(47(37)30-39(40)52)33-17-6-3-7-18-33)41-31-49-42(32-48(41)56(46)34-19-8-4-9-20-34)54-51-57(35-21-10-5-11-22-35)44-26-14-15-27-45(44)58(49)51/h3-32H,1-2H3. The predicted molar refractivity (Wildman–Crippen MR) is 242 cm³/mol. The monoisotopic (exact) mass is 741 g/mol. The first-order chi connectivity index (χ1) is 28.6. The molecule has 5 nitrogen and oxygen atoms in total. The van der Waals surface area contributed by atoms with E-state index in [9.17, 15) is 0 Å². The second-order valence-corrected chi connectivity index (χ2v) is 16.4. The molecule has 58 heavy (non-hydrogen) atoms. The lowest BCUT2D eigenvalue weighted by Crippen LogP contribution is -2.64. The van der Waals surface area contributed by atoms with Gasteiger partial charge in [-0.25, -0.2) is 4.98 Å². The zero-order valence-electron chi connectivity index (χ0n) is 32.1. The molecule has 0 unspecified atom stereocenters. The Hall–Kier alpha value is -7.31. The molecule has 2 aliphatic heterocycles. The maximum atomic E-state index is 5.47. The zero-order chi connectivity index (χ0) is 38.3. The summed E-state index contributed by atoms with van der Waals surface area (Å²) < 4.78 is 7.12. The lowest BCUT2D eigenvalue weighted by Gasteiger charge is -2.45. The van der Waals surface area contributed by atoms with Gasteiger partial charge in [0, 0.05) is 44.6 Å². The Morgan fingerprint density at radius 2 is 1.09 bits per heavy atom. The average molecular weight is 742 g/mol. The molecule has 0 amide bonds. The van der Waals surface area contributed by atoms with Crippen LogP contribution in [0.5, 0.6) is 0 Å². The van der Waals surface area contributed by atoms with Crippen molar-refractivity contribution in [3.05, 3.63) is 193 Å². The van der Waals surface area contributed by atoms with Crippen molar-refractivity contribution in [2.45, 2.75) is 19.3 Å². The smallest absolute Gasteiger partial charge is 0.247 e. The van der Waals surface area contributed by atoms with Crippen LogP contribution in [-0.4, -0.2) is 25.2 Å². The highest BCUT2D eigenvalue weighted by atomic mass is 15.2. The molecule has 0 aliphatic carbocycles. The normalized spacial score (nSPS) is 14.1. The van der Waals surface area contributed by atoms with E-state index in [1.165, 1.54) is 66.4 Å². The number of para-hydroxylation sites is 6. The van der Waals surface area contributed by atoms with Crippen molar-refractivity contribution >= 4 is 89.8 Å². The Labute approximate surface area is 335 Å². The number of hydrogen-bond donors (Lipinski definition) is 0. The maximum Gasteiger partial charge on any atom is 0.247 e. The van der Waals surface area contributed by atoms with Crippen LogP contribution < -0.4 is 21.3 Å². The van der Waals surface area contributed by atoms with Crippen LogP contribution in [-0.2, 0) is 5.41 Å². The van der Waals surface area contributed by atoms with Crippen LogP contribution in [0, 0.1) is 0 Å². The van der Waals surface area contributed by atoms with E-state index < -0.39 is 0 Å². The molecule has 0 fully saturated rings. The highest BCUT2D eigenvalue weighted by Crippen LogP contribution is 2.45. The molecule has 3 aromatic heterocycles. The van der Waals surface area contributed by atoms with E-state index in [2.05, 4.69) is 214 Å². The minimum absolute atomic E-state index is 0.00449. The number of aromatic nitrogens is 4. The number of imidazole rings is 2. The van der Waals surface area contributed by atoms with Gasteiger partial charge in [0.05, 0.1) is 33.1 Å². The fourth-order valence-electron chi connectivity index (χ4n) is 10.6. The Balaban J connectivity index is 1.17. The molecule has 13 rings (SSSR count). The highest BCUT2D eigenvalue weighted by Gasteiger charge is 2.46. The van der Waals surface area contributed by atoms with Gasteiger partial charge in [-0.3, -0.25) is 8.97 Å². The van der Waals surface area contributed by atoms with E-state index >= 15 is 0 Å². The van der Waals surface area contributed by atoms with Crippen molar-refractivity contribution in [3.8, 4) is 11.4 Å². The van der Waals surface area contributed by atoms with Gasteiger partial charge in [-0.1, -0.05) is 122 Å². The summed E-state index contributed by atoms with van der Waals surface area (Å²) >= 11 is 0. The van der Waals surface area contributed by atoms with Crippen molar-refractivity contribution in [2.75, 3.05) is 4.90 Å². The van der Waals surface area contributed by atoms with E-state index in [-0.39, 0.29) is 12.1 Å². The average Bonchev–Trinajstić information content (AvgIpc) is 3.91. The molecule has 0 spiro atoms. The van der Waals surface area contributed by atoms with Gasteiger partial charge in [0.1, 0.15) is 0 Å². The van der Waals surface area contributed by atoms with E-state index in [4.69, 9.17) is 4.98 Å². The number of benzene rings is 8. The summed E-state index contributed by atoms with van der Waals surface area (Å²) in [6.07, 6.45) is 0. The van der Waals surface area contributed by atoms with E-state index in [1.54, 1.807) is 0 Å². The van der Waals surface area contributed by atoms with Gasteiger partial charge in [0.15, 0.2) is 0 Å².